The Labute approximate surface area is 180 Å². The van der Waals surface area contributed by atoms with Crippen molar-refractivity contribution >= 4 is 35.6 Å². The first-order valence-electron chi connectivity index (χ1n) is 9.65. The Hall–Kier alpha value is -1.22. The van der Waals surface area contributed by atoms with Gasteiger partial charge in [0, 0.05) is 17.8 Å². The lowest BCUT2D eigenvalue weighted by Crippen LogP contribution is -2.41. The molecule has 0 bridgehead atoms. The summed E-state index contributed by atoms with van der Waals surface area (Å²) < 4.78 is 10.6. The molecule has 2 rings (SSSR count). The van der Waals surface area contributed by atoms with Crippen LogP contribution in [0.25, 0.3) is 0 Å². The number of benzene rings is 1. The largest absolute Gasteiger partial charge is 0.493 e. The van der Waals surface area contributed by atoms with Gasteiger partial charge in [-0.05, 0) is 44.0 Å². The number of ether oxygens (including phenoxy) is 2. The number of methoxy groups -OCH3 is 2. The van der Waals surface area contributed by atoms with Crippen LogP contribution in [-0.4, -0.2) is 50.8 Å². The molecule has 1 fully saturated rings. The standard InChI is InChI=1S/C20H34N4O2.HI/c1-5-15(6-2)17(24-11-7-8-12-24)14-22-20(21)23-16-9-10-18(25-3)19(13-16)26-4;/h9-10,13,15,17H,5-8,11-12,14H2,1-4H3,(H3,21,22,23);1H. The van der Waals surface area contributed by atoms with Crippen LogP contribution in [0.5, 0.6) is 11.5 Å². The SMILES string of the molecule is CCC(CC)C(CN=C(N)Nc1ccc(OC)c(OC)c1)N1CCCC1.I. The van der Waals surface area contributed by atoms with Gasteiger partial charge in [-0.2, -0.15) is 0 Å². The van der Waals surface area contributed by atoms with E-state index in [1.54, 1.807) is 14.2 Å². The lowest BCUT2D eigenvalue weighted by Gasteiger charge is -2.32. The maximum Gasteiger partial charge on any atom is 0.193 e. The zero-order valence-corrected chi connectivity index (χ0v) is 19.4. The van der Waals surface area contributed by atoms with E-state index in [4.69, 9.17) is 15.2 Å². The zero-order chi connectivity index (χ0) is 18.9. The van der Waals surface area contributed by atoms with Crippen molar-refractivity contribution in [3.8, 4) is 11.5 Å². The summed E-state index contributed by atoms with van der Waals surface area (Å²) in [4.78, 5) is 7.24. The molecule has 0 aromatic heterocycles. The summed E-state index contributed by atoms with van der Waals surface area (Å²) in [5, 5.41) is 3.16. The number of guanidine groups is 1. The van der Waals surface area contributed by atoms with Gasteiger partial charge in [0.2, 0.25) is 0 Å². The molecule has 1 atom stereocenters. The molecule has 27 heavy (non-hydrogen) atoms. The van der Waals surface area contributed by atoms with Crippen LogP contribution >= 0.6 is 24.0 Å². The molecule has 1 aromatic rings. The highest BCUT2D eigenvalue weighted by molar-refractivity contribution is 14.0. The van der Waals surface area contributed by atoms with Crippen molar-refractivity contribution in [2.45, 2.75) is 45.6 Å². The third-order valence-corrected chi connectivity index (χ3v) is 5.31. The molecule has 1 aromatic carbocycles. The van der Waals surface area contributed by atoms with Gasteiger partial charge in [0.25, 0.3) is 0 Å². The van der Waals surface area contributed by atoms with E-state index in [9.17, 15) is 0 Å². The molecule has 7 heteroatoms. The molecule has 154 valence electrons. The van der Waals surface area contributed by atoms with Gasteiger partial charge in [0.05, 0.1) is 20.8 Å². The molecule has 1 saturated heterocycles. The van der Waals surface area contributed by atoms with Crippen LogP contribution in [0.1, 0.15) is 39.5 Å². The lowest BCUT2D eigenvalue weighted by atomic mass is 9.93. The van der Waals surface area contributed by atoms with Gasteiger partial charge in [0.1, 0.15) is 0 Å². The van der Waals surface area contributed by atoms with Crippen molar-refractivity contribution in [3.05, 3.63) is 18.2 Å². The van der Waals surface area contributed by atoms with Crippen LogP contribution in [0.4, 0.5) is 5.69 Å². The average molecular weight is 490 g/mol. The number of aliphatic imine (C=N–C) groups is 1. The van der Waals surface area contributed by atoms with E-state index in [2.05, 4.69) is 29.1 Å². The molecule has 6 nitrogen and oxygen atoms in total. The predicted molar refractivity (Wildman–Crippen MR) is 124 cm³/mol. The molecule has 1 aliphatic rings. The highest BCUT2D eigenvalue weighted by atomic mass is 127. The van der Waals surface area contributed by atoms with Crippen LogP contribution in [0.3, 0.4) is 0 Å². The van der Waals surface area contributed by atoms with Crippen LogP contribution in [0, 0.1) is 5.92 Å². The molecule has 0 aliphatic carbocycles. The summed E-state index contributed by atoms with van der Waals surface area (Å²) in [5.74, 6) is 2.45. The number of anilines is 1. The third-order valence-electron chi connectivity index (χ3n) is 5.31. The Balaban J connectivity index is 0.00000364. The number of hydrogen-bond acceptors (Lipinski definition) is 4. The molecule has 0 spiro atoms. The molecular formula is C20H35IN4O2. The molecule has 0 saturated carbocycles. The Morgan fingerprint density at radius 1 is 1.15 bits per heavy atom. The van der Waals surface area contributed by atoms with Gasteiger partial charge >= 0.3 is 0 Å². The Bertz CT molecular complexity index is 585. The number of nitrogens with one attached hydrogen (secondary N) is 1. The van der Waals surface area contributed by atoms with E-state index in [-0.39, 0.29) is 24.0 Å². The first kappa shape index (κ1) is 23.8. The minimum Gasteiger partial charge on any atom is -0.493 e. The Morgan fingerprint density at radius 2 is 1.78 bits per heavy atom. The monoisotopic (exact) mass is 490 g/mol. The van der Waals surface area contributed by atoms with E-state index in [1.165, 1.54) is 38.8 Å². The third kappa shape index (κ3) is 6.71. The normalized spacial score (nSPS) is 16.1. The Kier molecular flexibility index (Phi) is 10.8. The highest BCUT2D eigenvalue weighted by Gasteiger charge is 2.27. The molecule has 1 heterocycles. The summed E-state index contributed by atoms with van der Waals surface area (Å²) in [6.45, 7) is 7.64. The number of nitrogens with zero attached hydrogens (tertiary/aromatic N) is 2. The maximum atomic E-state index is 6.15. The number of nitrogens with two attached hydrogens (primary N) is 1. The average Bonchev–Trinajstić information content (AvgIpc) is 3.19. The Morgan fingerprint density at radius 3 is 2.33 bits per heavy atom. The fraction of sp³-hybridized carbons (Fsp3) is 0.650. The molecule has 0 radical (unpaired) electrons. The fourth-order valence-corrected chi connectivity index (χ4v) is 3.76. The first-order chi connectivity index (χ1) is 12.6. The van der Waals surface area contributed by atoms with Crippen molar-refractivity contribution in [2.24, 2.45) is 16.6 Å². The van der Waals surface area contributed by atoms with Crippen LogP contribution in [0.2, 0.25) is 0 Å². The van der Waals surface area contributed by atoms with Gasteiger partial charge in [0.15, 0.2) is 17.5 Å². The summed E-state index contributed by atoms with van der Waals surface area (Å²) >= 11 is 0. The van der Waals surface area contributed by atoms with Crippen molar-refractivity contribution in [1.82, 2.24) is 4.90 Å². The van der Waals surface area contributed by atoms with Gasteiger partial charge in [-0.25, -0.2) is 0 Å². The molecule has 1 aliphatic heterocycles. The van der Waals surface area contributed by atoms with Gasteiger partial charge in [-0.1, -0.05) is 26.7 Å². The molecule has 0 amide bonds. The van der Waals surface area contributed by atoms with E-state index in [1.807, 2.05) is 18.2 Å². The van der Waals surface area contributed by atoms with E-state index < -0.39 is 0 Å². The summed E-state index contributed by atoms with van der Waals surface area (Å²) in [7, 11) is 3.24. The van der Waals surface area contributed by atoms with Crippen molar-refractivity contribution in [2.75, 3.05) is 39.2 Å². The first-order valence-corrected chi connectivity index (χ1v) is 9.65. The summed E-state index contributed by atoms with van der Waals surface area (Å²) in [5.41, 5.74) is 6.98. The maximum absolute atomic E-state index is 6.15. The second kappa shape index (κ2) is 12.3. The van der Waals surface area contributed by atoms with Crippen LogP contribution in [0.15, 0.2) is 23.2 Å². The van der Waals surface area contributed by atoms with E-state index >= 15 is 0 Å². The van der Waals surface area contributed by atoms with Gasteiger partial charge < -0.3 is 20.5 Å². The van der Waals surface area contributed by atoms with Crippen molar-refractivity contribution in [1.29, 1.82) is 0 Å². The fourth-order valence-electron chi connectivity index (χ4n) is 3.76. The number of rotatable bonds is 9. The van der Waals surface area contributed by atoms with Gasteiger partial charge in [-0.3, -0.25) is 9.89 Å². The predicted octanol–water partition coefficient (Wildman–Crippen LogP) is 3.95. The summed E-state index contributed by atoms with van der Waals surface area (Å²) in [6, 6.07) is 6.09. The number of hydrogen-bond donors (Lipinski definition) is 2. The highest BCUT2D eigenvalue weighted by Crippen LogP contribution is 2.29. The lowest BCUT2D eigenvalue weighted by molar-refractivity contribution is 0.172. The minimum absolute atomic E-state index is 0. The van der Waals surface area contributed by atoms with E-state index in [0.29, 0.717) is 29.4 Å². The second-order valence-electron chi connectivity index (χ2n) is 6.81. The van der Waals surface area contributed by atoms with Crippen molar-refractivity contribution < 1.29 is 9.47 Å². The minimum atomic E-state index is 0. The van der Waals surface area contributed by atoms with Gasteiger partial charge in [-0.15, -0.1) is 24.0 Å². The smallest absolute Gasteiger partial charge is 0.193 e. The number of likely N-dealkylation sites (tertiary alicyclic amines) is 1. The van der Waals surface area contributed by atoms with E-state index in [0.717, 1.165) is 12.2 Å². The summed E-state index contributed by atoms with van der Waals surface area (Å²) in [6.07, 6.45) is 4.94. The topological polar surface area (TPSA) is 72.1 Å². The van der Waals surface area contributed by atoms with Crippen molar-refractivity contribution in [3.63, 3.8) is 0 Å². The zero-order valence-electron chi connectivity index (χ0n) is 17.0. The second-order valence-corrected chi connectivity index (χ2v) is 6.81. The molecular weight excluding hydrogens is 455 g/mol. The molecule has 1 unspecified atom stereocenters. The van der Waals surface area contributed by atoms with Crippen LogP contribution in [-0.2, 0) is 0 Å². The van der Waals surface area contributed by atoms with Crippen LogP contribution < -0.4 is 20.5 Å². The number of halogens is 1. The molecule has 3 N–H and O–H groups in total. The quantitative estimate of drug-likeness (QED) is 0.312.